The largest absolute Gasteiger partial charge is 0.480 e. The Bertz CT molecular complexity index is 714. The molecule has 0 spiro atoms. The van der Waals surface area contributed by atoms with Crippen LogP contribution in [-0.4, -0.2) is 58.3 Å². The Hall–Kier alpha value is -0.880. The van der Waals surface area contributed by atoms with Crippen molar-refractivity contribution in [3.63, 3.8) is 0 Å². The van der Waals surface area contributed by atoms with Gasteiger partial charge in [0.1, 0.15) is 23.1 Å². The van der Waals surface area contributed by atoms with Crippen LogP contribution in [0.15, 0.2) is 18.9 Å². The molecule has 0 bridgehead atoms. The number of hydrogen-bond acceptors (Lipinski definition) is 6. The lowest BCUT2D eigenvalue weighted by Gasteiger charge is -2.18. The summed E-state index contributed by atoms with van der Waals surface area (Å²) >= 11 is 29.4. The molecule has 29 heavy (non-hydrogen) atoms. The highest BCUT2D eigenvalue weighted by atomic mass is 35.5. The summed E-state index contributed by atoms with van der Waals surface area (Å²) in [4.78, 5) is 45.5. The minimum absolute atomic E-state index is 0.0892. The molecule has 9 nitrogen and oxygen atoms in total. The lowest BCUT2D eigenvalue weighted by Crippen LogP contribution is -2.49. The van der Waals surface area contributed by atoms with Gasteiger partial charge in [-0.1, -0.05) is 58.0 Å². The average Bonchev–Trinajstić information content (AvgIpc) is 2.65. The second kappa shape index (κ2) is 14.2. The predicted molar refractivity (Wildman–Crippen MR) is 113 cm³/mol. The SMILES string of the molecule is N[C@@H](CCC(=O)N[C@@H](CSC(Cl)=C(Cl)C(Cl)=C(Cl)Cl)C(=O)NCC(=O)O)C(=O)O. The van der Waals surface area contributed by atoms with Crippen LogP contribution in [-0.2, 0) is 19.2 Å². The highest BCUT2D eigenvalue weighted by Crippen LogP contribution is 2.36. The Kier molecular flexibility index (Phi) is 13.8. The van der Waals surface area contributed by atoms with Crippen molar-refractivity contribution in [2.24, 2.45) is 5.73 Å². The van der Waals surface area contributed by atoms with E-state index in [2.05, 4.69) is 10.6 Å². The van der Waals surface area contributed by atoms with Crippen LogP contribution in [0.2, 0.25) is 0 Å². The first-order chi connectivity index (χ1) is 13.4. The van der Waals surface area contributed by atoms with E-state index in [-0.39, 0.29) is 37.5 Å². The first-order valence-corrected chi connectivity index (χ1v) is 10.4. The van der Waals surface area contributed by atoms with E-state index < -0.39 is 42.4 Å². The molecule has 0 rings (SSSR count). The number of hydrogen-bond donors (Lipinski definition) is 5. The summed E-state index contributed by atoms with van der Waals surface area (Å²) in [6.07, 6.45) is -0.444. The van der Waals surface area contributed by atoms with Gasteiger partial charge in [0, 0.05) is 12.2 Å². The lowest BCUT2D eigenvalue weighted by atomic mass is 10.1. The molecule has 0 saturated heterocycles. The number of nitrogens with one attached hydrogen (secondary N) is 2. The summed E-state index contributed by atoms with van der Waals surface area (Å²) in [6.45, 7) is -0.680. The van der Waals surface area contributed by atoms with Crippen LogP contribution < -0.4 is 16.4 Å². The molecule has 164 valence electrons. The van der Waals surface area contributed by atoms with Gasteiger partial charge < -0.3 is 26.6 Å². The van der Waals surface area contributed by atoms with Crippen LogP contribution in [0.3, 0.4) is 0 Å². The van der Waals surface area contributed by atoms with Crippen LogP contribution in [0, 0.1) is 0 Å². The Morgan fingerprint density at radius 3 is 2.07 bits per heavy atom. The highest BCUT2D eigenvalue weighted by Gasteiger charge is 2.23. The number of carboxylic acids is 2. The molecule has 0 heterocycles. The van der Waals surface area contributed by atoms with E-state index in [1.165, 1.54) is 0 Å². The van der Waals surface area contributed by atoms with Crippen molar-refractivity contribution < 1.29 is 29.4 Å². The van der Waals surface area contributed by atoms with Crippen molar-refractivity contribution in [2.45, 2.75) is 24.9 Å². The zero-order valence-corrected chi connectivity index (χ0v) is 19.0. The molecule has 0 aromatic carbocycles. The van der Waals surface area contributed by atoms with Gasteiger partial charge in [-0.25, -0.2) is 0 Å². The molecule has 0 unspecified atom stereocenters. The van der Waals surface area contributed by atoms with Crippen LogP contribution in [0.4, 0.5) is 0 Å². The molecule has 0 aromatic heterocycles. The van der Waals surface area contributed by atoms with Crippen LogP contribution in [0.25, 0.3) is 0 Å². The van der Waals surface area contributed by atoms with Crippen molar-refractivity contribution in [3.8, 4) is 0 Å². The van der Waals surface area contributed by atoms with Crippen molar-refractivity contribution in [1.29, 1.82) is 0 Å². The van der Waals surface area contributed by atoms with Gasteiger partial charge in [0.2, 0.25) is 11.8 Å². The molecule has 0 aliphatic carbocycles. The smallest absolute Gasteiger partial charge is 0.322 e. The Labute approximate surface area is 194 Å². The number of carboxylic acid groups (broad SMARTS) is 2. The zero-order chi connectivity index (χ0) is 22.7. The minimum Gasteiger partial charge on any atom is -0.480 e. The van der Waals surface area contributed by atoms with Crippen LogP contribution in [0.1, 0.15) is 12.8 Å². The number of allylic oxidation sites excluding steroid dienone is 2. The highest BCUT2D eigenvalue weighted by molar-refractivity contribution is 8.04. The standard InChI is InChI=1S/C14H16Cl5N3O6S/c15-9(11(17)18)10(16)12(19)29-4-6(13(26)21-3-8(24)25)22-7(23)2-1-5(20)14(27)28/h5-6H,1-4,20H2,(H,21,26)(H,22,23)(H,24,25)(H,27,28)/t5-,6-/m0/s1. The van der Waals surface area contributed by atoms with Crippen LogP contribution in [0.5, 0.6) is 0 Å². The van der Waals surface area contributed by atoms with Gasteiger partial charge in [0.05, 0.1) is 14.4 Å². The molecule has 6 N–H and O–H groups in total. The molecule has 0 aromatic rings. The Morgan fingerprint density at radius 1 is 1.00 bits per heavy atom. The molecular weight excluding hydrogens is 516 g/mol. The number of halogens is 5. The number of amides is 2. The molecule has 2 amide bonds. The summed E-state index contributed by atoms with van der Waals surface area (Å²) in [5, 5.41) is 21.4. The maximum atomic E-state index is 12.2. The average molecular weight is 532 g/mol. The number of aliphatic carboxylic acids is 2. The Balaban J connectivity index is 5.15. The molecule has 0 fully saturated rings. The number of carbonyl (C=O) groups excluding carboxylic acids is 2. The zero-order valence-electron chi connectivity index (χ0n) is 14.4. The maximum absolute atomic E-state index is 12.2. The summed E-state index contributed by atoms with van der Waals surface area (Å²) in [5.41, 5.74) is 5.32. The molecular formula is C14H16Cl5N3O6S. The van der Waals surface area contributed by atoms with Gasteiger partial charge in [-0.3, -0.25) is 19.2 Å². The first kappa shape index (κ1) is 28.1. The van der Waals surface area contributed by atoms with Gasteiger partial charge in [-0.05, 0) is 6.42 Å². The second-order valence-electron chi connectivity index (χ2n) is 5.19. The van der Waals surface area contributed by atoms with E-state index in [1.807, 2.05) is 0 Å². The summed E-state index contributed by atoms with van der Waals surface area (Å²) in [6, 6.07) is -2.47. The van der Waals surface area contributed by atoms with Crippen molar-refractivity contribution in [2.75, 3.05) is 12.3 Å². The van der Waals surface area contributed by atoms with Gasteiger partial charge in [0.15, 0.2) is 0 Å². The first-order valence-electron chi connectivity index (χ1n) is 7.53. The fourth-order valence-corrected chi connectivity index (χ4v) is 3.34. The molecule has 0 aliphatic rings. The molecule has 0 aliphatic heterocycles. The van der Waals surface area contributed by atoms with E-state index in [0.29, 0.717) is 0 Å². The van der Waals surface area contributed by atoms with Gasteiger partial charge in [0.25, 0.3) is 0 Å². The third-order valence-corrected chi connectivity index (χ3v) is 6.08. The predicted octanol–water partition coefficient (Wildman–Crippen LogP) is 2.13. The fraction of sp³-hybridized carbons (Fsp3) is 0.429. The summed E-state index contributed by atoms with van der Waals surface area (Å²) in [5.74, 6) is -4.22. The van der Waals surface area contributed by atoms with Crippen molar-refractivity contribution >= 4 is 93.5 Å². The van der Waals surface area contributed by atoms with E-state index in [0.717, 1.165) is 11.8 Å². The van der Waals surface area contributed by atoms with Crippen LogP contribution >= 0.6 is 69.8 Å². The molecule has 15 heteroatoms. The molecule has 0 saturated carbocycles. The number of carbonyl (C=O) groups is 4. The Morgan fingerprint density at radius 2 is 1.59 bits per heavy atom. The number of rotatable bonds is 12. The van der Waals surface area contributed by atoms with Gasteiger partial charge >= 0.3 is 11.9 Å². The lowest BCUT2D eigenvalue weighted by molar-refractivity contribution is -0.139. The molecule has 0 radical (unpaired) electrons. The van der Waals surface area contributed by atoms with E-state index in [1.54, 1.807) is 0 Å². The summed E-state index contributed by atoms with van der Waals surface area (Å²) in [7, 11) is 0. The third kappa shape index (κ3) is 11.8. The van der Waals surface area contributed by atoms with E-state index in [4.69, 9.17) is 74.0 Å². The fourth-order valence-electron chi connectivity index (χ4n) is 1.53. The van der Waals surface area contributed by atoms with E-state index >= 15 is 0 Å². The quantitative estimate of drug-likeness (QED) is 0.240. The second-order valence-corrected chi connectivity index (χ2v) is 8.53. The van der Waals surface area contributed by atoms with Gasteiger partial charge in [-0.2, -0.15) is 0 Å². The van der Waals surface area contributed by atoms with Crippen molar-refractivity contribution in [1.82, 2.24) is 10.6 Å². The maximum Gasteiger partial charge on any atom is 0.322 e. The topological polar surface area (TPSA) is 159 Å². The van der Waals surface area contributed by atoms with Gasteiger partial charge in [-0.15, -0.1) is 11.8 Å². The molecule has 2 atom stereocenters. The van der Waals surface area contributed by atoms with Crippen molar-refractivity contribution in [3.05, 3.63) is 18.9 Å². The normalized spacial score (nSPS) is 13.6. The third-order valence-electron chi connectivity index (χ3n) is 2.97. The monoisotopic (exact) mass is 529 g/mol. The number of thioether (sulfide) groups is 1. The van der Waals surface area contributed by atoms with E-state index in [9.17, 15) is 19.2 Å². The minimum atomic E-state index is -1.29. The number of nitrogens with two attached hydrogens (primary N) is 1. The summed E-state index contributed by atoms with van der Waals surface area (Å²) < 4.78 is -0.428.